The maximum absolute atomic E-state index is 13.2. The number of methoxy groups -OCH3 is 1. The molecule has 2 aromatic rings. The van der Waals surface area contributed by atoms with E-state index >= 15 is 0 Å². The Bertz CT molecular complexity index is 579. The molecule has 1 atom stereocenters. The Morgan fingerprint density at radius 3 is 2.75 bits per heavy atom. The molecule has 0 saturated heterocycles. The minimum atomic E-state index is -0.346. The lowest BCUT2D eigenvalue weighted by Crippen LogP contribution is -2.30. The summed E-state index contributed by atoms with van der Waals surface area (Å²) in [4.78, 5) is 0. The van der Waals surface area contributed by atoms with Gasteiger partial charge in [-0.3, -0.25) is 11.3 Å². The van der Waals surface area contributed by atoms with E-state index in [-0.39, 0.29) is 11.9 Å². The highest BCUT2D eigenvalue weighted by Crippen LogP contribution is 2.23. The van der Waals surface area contributed by atoms with Crippen molar-refractivity contribution in [2.45, 2.75) is 12.5 Å². The van der Waals surface area contributed by atoms with Crippen molar-refractivity contribution in [3.8, 4) is 5.88 Å². The summed E-state index contributed by atoms with van der Waals surface area (Å²) >= 11 is 6.04. The lowest BCUT2D eigenvalue weighted by atomic mass is 10.0. The van der Waals surface area contributed by atoms with Gasteiger partial charge in [-0.1, -0.05) is 11.6 Å². The molecule has 0 aliphatic rings. The summed E-state index contributed by atoms with van der Waals surface area (Å²) in [7, 11) is 1.51. The van der Waals surface area contributed by atoms with Crippen molar-refractivity contribution >= 4 is 11.6 Å². The van der Waals surface area contributed by atoms with Crippen molar-refractivity contribution < 1.29 is 9.13 Å². The molecule has 7 heteroatoms. The Kier molecular flexibility index (Phi) is 4.84. The lowest BCUT2D eigenvalue weighted by molar-refractivity contribution is 0.389. The van der Waals surface area contributed by atoms with Crippen LogP contribution in [0, 0.1) is 5.82 Å². The average molecular weight is 297 g/mol. The Morgan fingerprint density at radius 2 is 2.15 bits per heavy atom. The maximum atomic E-state index is 13.2. The van der Waals surface area contributed by atoms with Gasteiger partial charge < -0.3 is 4.74 Å². The summed E-state index contributed by atoms with van der Waals surface area (Å²) in [5, 5.41) is 8.37. The molecule has 1 aromatic carbocycles. The van der Waals surface area contributed by atoms with Gasteiger partial charge in [0.2, 0.25) is 5.88 Å². The first-order valence-electron chi connectivity index (χ1n) is 5.91. The highest BCUT2D eigenvalue weighted by molar-refractivity contribution is 6.31. The molecule has 1 heterocycles. The van der Waals surface area contributed by atoms with Gasteiger partial charge >= 0.3 is 0 Å². The number of hydrogen-bond donors (Lipinski definition) is 2. The van der Waals surface area contributed by atoms with Gasteiger partial charge in [0.25, 0.3) is 0 Å². The van der Waals surface area contributed by atoms with Crippen molar-refractivity contribution in [1.29, 1.82) is 0 Å². The maximum Gasteiger partial charge on any atom is 0.233 e. The predicted octanol–water partition coefficient (Wildman–Crippen LogP) is 2.02. The van der Waals surface area contributed by atoms with E-state index in [0.29, 0.717) is 28.6 Å². The third-order valence-corrected chi connectivity index (χ3v) is 3.23. The summed E-state index contributed by atoms with van der Waals surface area (Å²) in [5.74, 6) is 5.59. The van der Waals surface area contributed by atoms with Crippen LogP contribution < -0.4 is 16.0 Å². The van der Waals surface area contributed by atoms with E-state index in [2.05, 4.69) is 15.6 Å². The molecule has 106 valence electrons. The number of nitrogens with two attached hydrogens (primary N) is 1. The standard InChI is InChI=1S/C13H14ClFN4O/c1-20-13-5-4-11(18-19-13)12(17-16)7-8-6-9(15)2-3-10(8)14/h2-6,12,17H,7,16H2,1H3. The average Bonchev–Trinajstić information content (AvgIpc) is 2.48. The minimum absolute atomic E-state index is 0.326. The van der Waals surface area contributed by atoms with E-state index in [1.54, 1.807) is 12.1 Å². The van der Waals surface area contributed by atoms with Crippen molar-refractivity contribution in [3.05, 3.63) is 52.4 Å². The molecule has 0 aliphatic carbocycles. The third kappa shape index (κ3) is 3.41. The van der Waals surface area contributed by atoms with Crippen LogP contribution in [0.5, 0.6) is 5.88 Å². The van der Waals surface area contributed by atoms with E-state index in [9.17, 15) is 4.39 Å². The van der Waals surface area contributed by atoms with E-state index < -0.39 is 0 Å². The smallest absolute Gasteiger partial charge is 0.233 e. The van der Waals surface area contributed by atoms with Crippen LogP contribution in [-0.2, 0) is 6.42 Å². The van der Waals surface area contributed by atoms with Crippen LogP contribution in [0.3, 0.4) is 0 Å². The highest BCUT2D eigenvalue weighted by Gasteiger charge is 2.15. The van der Waals surface area contributed by atoms with Crippen LogP contribution in [0.15, 0.2) is 30.3 Å². The molecule has 0 aliphatic heterocycles. The number of benzene rings is 1. The van der Waals surface area contributed by atoms with E-state index in [4.69, 9.17) is 22.2 Å². The van der Waals surface area contributed by atoms with Crippen LogP contribution in [-0.4, -0.2) is 17.3 Å². The zero-order chi connectivity index (χ0) is 14.5. The van der Waals surface area contributed by atoms with Gasteiger partial charge in [-0.15, -0.1) is 5.10 Å². The van der Waals surface area contributed by atoms with Gasteiger partial charge in [0, 0.05) is 11.1 Å². The molecule has 2 rings (SSSR count). The lowest BCUT2D eigenvalue weighted by Gasteiger charge is -2.16. The normalized spacial score (nSPS) is 12.2. The molecule has 3 N–H and O–H groups in total. The van der Waals surface area contributed by atoms with Gasteiger partial charge in [-0.25, -0.2) is 4.39 Å². The SMILES string of the molecule is COc1ccc(C(Cc2cc(F)ccc2Cl)NN)nn1. The predicted molar refractivity (Wildman–Crippen MR) is 73.8 cm³/mol. The second kappa shape index (κ2) is 6.60. The molecular formula is C13H14ClFN4O. The monoisotopic (exact) mass is 296 g/mol. The number of nitrogens with one attached hydrogen (secondary N) is 1. The zero-order valence-corrected chi connectivity index (χ0v) is 11.6. The van der Waals surface area contributed by atoms with Crippen molar-refractivity contribution in [2.24, 2.45) is 5.84 Å². The summed E-state index contributed by atoms with van der Waals surface area (Å²) in [6, 6.07) is 7.30. The molecule has 0 radical (unpaired) electrons. The Balaban J connectivity index is 2.21. The molecule has 0 amide bonds. The Hall–Kier alpha value is -1.76. The van der Waals surface area contributed by atoms with Crippen LogP contribution >= 0.6 is 11.6 Å². The van der Waals surface area contributed by atoms with E-state index in [1.807, 2.05) is 0 Å². The van der Waals surface area contributed by atoms with E-state index in [1.165, 1.54) is 25.3 Å². The quantitative estimate of drug-likeness (QED) is 0.652. The highest BCUT2D eigenvalue weighted by atomic mass is 35.5. The van der Waals surface area contributed by atoms with Gasteiger partial charge in [-0.2, -0.15) is 5.10 Å². The fourth-order valence-corrected chi connectivity index (χ4v) is 1.99. The van der Waals surface area contributed by atoms with E-state index in [0.717, 1.165) is 0 Å². The van der Waals surface area contributed by atoms with Crippen LogP contribution in [0.25, 0.3) is 0 Å². The molecule has 1 unspecified atom stereocenters. The number of halogens is 2. The third-order valence-electron chi connectivity index (χ3n) is 2.86. The zero-order valence-electron chi connectivity index (χ0n) is 10.8. The van der Waals surface area contributed by atoms with Gasteiger partial charge in [-0.05, 0) is 36.2 Å². The molecular weight excluding hydrogens is 283 g/mol. The second-order valence-corrected chi connectivity index (χ2v) is 4.57. The molecule has 0 saturated carbocycles. The van der Waals surface area contributed by atoms with Crippen LogP contribution in [0.4, 0.5) is 4.39 Å². The number of aromatic nitrogens is 2. The van der Waals surface area contributed by atoms with Gasteiger partial charge in [0.05, 0.1) is 18.8 Å². The van der Waals surface area contributed by atoms with Crippen molar-refractivity contribution in [3.63, 3.8) is 0 Å². The van der Waals surface area contributed by atoms with Crippen LogP contribution in [0.2, 0.25) is 5.02 Å². The number of rotatable bonds is 5. The summed E-state index contributed by atoms with van der Waals surface area (Å²) in [5.41, 5.74) is 3.89. The largest absolute Gasteiger partial charge is 0.480 e. The number of hydrogen-bond acceptors (Lipinski definition) is 5. The number of hydrazine groups is 1. The summed E-state index contributed by atoms with van der Waals surface area (Å²) < 4.78 is 18.2. The van der Waals surface area contributed by atoms with Gasteiger partial charge in [0.15, 0.2) is 0 Å². The summed E-state index contributed by atoms with van der Waals surface area (Å²) in [6.07, 6.45) is 0.397. The molecule has 1 aromatic heterocycles. The molecule has 0 spiro atoms. The van der Waals surface area contributed by atoms with Gasteiger partial charge in [0.1, 0.15) is 5.82 Å². The molecule has 0 fully saturated rings. The number of nitrogens with zero attached hydrogens (tertiary/aromatic N) is 2. The first-order valence-corrected chi connectivity index (χ1v) is 6.29. The Morgan fingerprint density at radius 1 is 1.35 bits per heavy atom. The molecule has 5 nitrogen and oxygen atoms in total. The fraction of sp³-hybridized carbons (Fsp3) is 0.231. The first kappa shape index (κ1) is 14.6. The Labute approximate surface area is 120 Å². The van der Waals surface area contributed by atoms with Crippen molar-refractivity contribution in [1.82, 2.24) is 15.6 Å². The minimum Gasteiger partial charge on any atom is -0.480 e. The number of ether oxygens (including phenoxy) is 1. The molecule has 0 bridgehead atoms. The first-order chi connectivity index (χ1) is 9.63. The van der Waals surface area contributed by atoms with Crippen LogP contribution in [0.1, 0.15) is 17.3 Å². The van der Waals surface area contributed by atoms with Crippen molar-refractivity contribution in [2.75, 3.05) is 7.11 Å². The summed E-state index contributed by atoms with van der Waals surface area (Å²) in [6.45, 7) is 0. The topological polar surface area (TPSA) is 73.1 Å². The molecule has 20 heavy (non-hydrogen) atoms. The second-order valence-electron chi connectivity index (χ2n) is 4.16. The fourth-order valence-electron chi connectivity index (χ4n) is 1.79.